The third kappa shape index (κ3) is 3.50. The minimum absolute atomic E-state index is 0.0177. The molecule has 116 valence electrons. The van der Waals surface area contributed by atoms with Crippen molar-refractivity contribution in [1.29, 1.82) is 0 Å². The maximum absolute atomic E-state index is 12.7. The highest BCUT2D eigenvalue weighted by atomic mass is 32.1. The average Bonchev–Trinajstić information content (AvgIpc) is 2.94. The molecule has 2 heterocycles. The molecule has 2 amide bonds. The second-order valence-electron chi connectivity index (χ2n) is 5.87. The number of likely N-dealkylation sites (tertiary alicyclic amines) is 1. The molecule has 0 radical (unpaired) electrons. The van der Waals surface area contributed by atoms with E-state index in [4.69, 9.17) is 0 Å². The van der Waals surface area contributed by atoms with E-state index in [1.165, 1.54) is 23.3 Å². The van der Waals surface area contributed by atoms with E-state index >= 15 is 0 Å². The summed E-state index contributed by atoms with van der Waals surface area (Å²) in [5.74, 6) is 0. The molecule has 22 heavy (non-hydrogen) atoms. The number of hydrogen-bond donors (Lipinski definition) is 1. The maximum Gasteiger partial charge on any atom is 0.322 e. The van der Waals surface area contributed by atoms with E-state index in [0.717, 1.165) is 25.1 Å². The molecule has 2 aromatic rings. The van der Waals surface area contributed by atoms with Gasteiger partial charge < -0.3 is 10.2 Å². The fourth-order valence-electron chi connectivity index (χ4n) is 2.96. The quantitative estimate of drug-likeness (QED) is 0.811. The standard InChI is InChI=1S/C18H22N2OS/c1-14-8-10-15(11-9-14)19-18(21)20-12-4-2-3-6-16(20)17-7-5-13-22-17/h5,7-11,13,16H,2-4,6,12H2,1H3,(H,19,21). The zero-order valence-electron chi connectivity index (χ0n) is 12.9. The van der Waals surface area contributed by atoms with Gasteiger partial charge in [0.2, 0.25) is 0 Å². The summed E-state index contributed by atoms with van der Waals surface area (Å²) < 4.78 is 0. The Hall–Kier alpha value is -1.81. The van der Waals surface area contributed by atoms with E-state index in [1.54, 1.807) is 11.3 Å². The van der Waals surface area contributed by atoms with Crippen LogP contribution in [-0.2, 0) is 0 Å². The molecule has 4 heteroatoms. The molecular weight excluding hydrogens is 292 g/mol. The van der Waals surface area contributed by atoms with Crippen LogP contribution < -0.4 is 5.32 Å². The van der Waals surface area contributed by atoms with Crippen LogP contribution in [0.15, 0.2) is 41.8 Å². The topological polar surface area (TPSA) is 32.3 Å². The van der Waals surface area contributed by atoms with Gasteiger partial charge in [-0.2, -0.15) is 0 Å². The molecule has 1 saturated heterocycles. The third-order valence-electron chi connectivity index (χ3n) is 4.19. The Morgan fingerprint density at radius 2 is 2.00 bits per heavy atom. The van der Waals surface area contributed by atoms with Gasteiger partial charge in [-0.15, -0.1) is 11.3 Å². The highest BCUT2D eigenvalue weighted by Crippen LogP contribution is 2.33. The fourth-order valence-corrected chi connectivity index (χ4v) is 3.83. The lowest BCUT2D eigenvalue weighted by Gasteiger charge is -2.29. The van der Waals surface area contributed by atoms with E-state index in [-0.39, 0.29) is 12.1 Å². The minimum atomic E-state index is 0.0177. The molecule has 0 bridgehead atoms. The van der Waals surface area contributed by atoms with Crippen LogP contribution in [0.4, 0.5) is 10.5 Å². The van der Waals surface area contributed by atoms with Crippen LogP contribution in [-0.4, -0.2) is 17.5 Å². The smallest absolute Gasteiger partial charge is 0.317 e. The van der Waals surface area contributed by atoms with Crippen molar-refractivity contribution in [1.82, 2.24) is 4.90 Å². The second-order valence-corrected chi connectivity index (χ2v) is 6.85. The van der Waals surface area contributed by atoms with Crippen molar-refractivity contribution in [2.45, 2.75) is 38.6 Å². The summed E-state index contributed by atoms with van der Waals surface area (Å²) in [5, 5.41) is 5.14. The summed E-state index contributed by atoms with van der Waals surface area (Å²) in [5.41, 5.74) is 2.06. The van der Waals surface area contributed by atoms with Crippen molar-refractivity contribution >= 4 is 23.1 Å². The summed E-state index contributed by atoms with van der Waals surface area (Å²) in [7, 11) is 0. The Kier molecular flexibility index (Phi) is 4.78. The molecule has 1 aromatic heterocycles. The maximum atomic E-state index is 12.7. The summed E-state index contributed by atoms with van der Waals surface area (Å²) in [6.45, 7) is 2.88. The molecule has 1 fully saturated rings. The molecule has 1 N–H and O–H groups in total. The van der Waals surface area contributed by atoms with Crippen LogP contribution in [0, 0.1) is 6.92 Å². The molecule has 1 unspecified atom stereocenters. The van der Waals surface area contributed by atoms with Gasteiger partial charge >= 0.3 is 6.03 Å². The molecule has 3 rings (SSSR count). The van der Waals surface area contributed by atoms with E-state index in [1.807, 2.05) is 36.1 Å². The number of hydrogen-bond acceptors (Lipinski definition) is 2. The van der Waals surface area contributed by atoms with Crippen molar-refractivity contribution in [3.8, 4) is 0 Å². The molecular formula is C18H22N2OS. The average molecular weight is 314 g/mol. The van der Waals surface area contributed by atoms with E-state index in [0.29, 0.717) is 0 Å². The summed E-state index contributed by atoms with van der Waals surface area (Å²) >= 11 is 1.75. The Bertz CT molecular complexity index is 607. The molecule has 0 aliphatic carbocycles. The van der Waals surface area contributed by atoms with Gasteiger partial charge in [0.1, 0.15) is 0 Å². The molecule has 1 aliphatic rings. The number of rotatable bonds is 2. The first-order valence-electron chi connectivity index (χ1n) is 7.92. The van der Waals surface area contributed by atoms with Gasteiger partial charge in [-0.05, 0) is 43.3 Å². The number of nitrogens with zero attached hydrogens (tertiary/aromatic N) is 1. The third-order valence-corrected chi connectivity index (χ3v) is 5.16. The summed E-state index contributed by atoms with van der Waals surface area (Å²) in [6.07, 6.45) is 4.54. The van der Waals surface area contributed by atoms with Gasteiger partial charge in [0.15, 0.2) is 0 Å². The molecule has 1 atom stereocenters. The summed E-state index contributed by atoms with van der Waals surface area (Å²) in [4.78, 5) is 16.0. The minimum Gasteiger partial charge on any atom is -0.317 e. The van der Waals surface area contributed by atoms with Crippen LogP contribution >= 0.6 is 11.3 Å². The van der Waals surface area contributed by atoms with Gasteiger partial charge in [0.25, 0.3) is 0 Å². The lowest BCUT2D eigenvalue weighted by Crippen LogP contribution is -2.37. The monoisotopic (exact) mass is 314 g/mol. The van der Waals surface area contributed by atoms with Gasteiger partial charge in [0.05, 0.1) is 6.04 Å². The lowest BCUT2D eigenvalue weighted by molar-refractivity contribution is 0.190. The Morgan fingerprint density at radius 1 is 1.18 bits per heavy atom. The first-order chi connectivity index (χ1) is 10.7. The predicted octanol–water partition coefficient (Wildman–Crippen LogP) is 5.21. The number of amides is 2. The van der Waals surface area contributed by atoms with E-state index in [2.05, 4.69) is 22.8 Å². The zero-order chi connectivity index (χ0) is 15.4. The van der Waals surface area contributed by atoms with Crippen molar-refractivity contribution in [3.63, 3.8) is 0 Å². The second kappa shape index (κ2) is 6.97. The number of carbonyl (C=O) groups is 1. The number of carbonyl (C=O) groups excluding carboxylic acids is 1. The van der Waals surface area contributed by atoms with Crippen molar-refractivity contribution in [3.05, 3.63) is 52.2 Å². The Balaban J connectivity index is 1.76. The van der Waals surface area contributed by atoms with Crippen LogP contribution in [0.25, 0.3) is 0 Å². The molecule has 1 aliphatic heterocycles. The van der Waals surface area contributed by atoms with Crippen molar-refractivity contribution in [2.75, 3.05) is 11.9 Å². The first-order valence-corrected chi connectivity index (χ1v) is 8.80. The molecule has 0 saturated carbocycles. The zero-order valence-corrected chi connectivity index (χ0v) is 13.7. The van der Waals surface area contributed by atoms with Crippen LogP contribution in [0.3, 0.4) is 0 Å². The predicted molar refractivity (Wildman–Crippen MR) is 92.4 cm³/mol. The van der Waals surface area contributed by atoms with Gasteiger partial charge in [-0.3, -0.25) is 0 Å². The number of aryl methyl sites for hydroxylation is 1. The normalized spacial score (nSPS) is 18.8. The first kappa shape index (κ1) is 15.1. The number of urea groups is 1. The highest BCUT2D eigenvalue weighted by molar-refractivity contribution is 7.10. The van der Waals surface area contributed by atoms with Gasteiger partial charge in [-0.25, -0.2) is 4.79 Å². The van der Waals surface area contributed by atoms with Crippen molar-refractivity contribution < 1.29 is 4.79 Å². The van der Waals surface area contributed by atoms with Crippen LogP contribution in [0.5, 0.6) is 0 Å². The molecule has 1 aromatic carbocycles. The fraction of sp³-hybridized carbons (Fsp3) is 0.389. The van der Waals surface area contributed by atoms with E-state index in [9.17, 15) is 4.79 Å². The Morgan fingerprint density at radius 3 is 2.73 bits per heavy atom. The van der Waals surface area contributed by atoms with Crippen LogP contribution in [0.1, 0.15) is 42.2 Å². The molecule has 0 spiro atoms. The number of nitrogens with one attached hydrogen (secondary N) is 1. The Labute approximate surface area is 136 Å². The number of benzene rings is 1. The highest BCUT2D eigenvalue weighted by Gasteiger charge is 2.27. The van der Waals surface area contributed by atoms with E-state index < -0.39 is 0 Å². The number of thiophene rings is 1. The summed E-state index contributed by atoms with van der Waals surface area (Å²) in [6, 6.07) is 12.4. The number of anilines is 1. The largest absolute Gasteiger partial charge is 0.322 e. The van der Waals surface area contributed by atoms with Crippen molar-refractivity contribution in [2.24, 2.45) is 0 Å². The van der Waals surface area contributed by atoms with Gasteiger partial charge in [-0.1, -0.05) is 36.6 Å². The van der Waals surface area contributed by atoms with Gasteiger partial charge in [0, 0.05) is 17.1 Å². The van der Waals surface area contributed by atoms with Crippen LogP contribution in [0.2, 0.25) is 0 Å². The molecule has 3 nitrogen and oxygen atoms in total. The lowest BCUT2D eigenvalue weighted by atomic mass is 10.1. The SMILES string of the molecule is Cc1ccc(NC(=O)N2CCCCCC2c2cccs2)cc1.